The molecule has 6 heteroatoms. The summed E-state index contributed by atoms with van der Waals surface area (Å²) in [4.78, 5) is 31.2. The first-order valence-electron chi connectivity index (χ1n) is 12.2. The van der Waals surface area contributed by atoms with E-state index in [1.165, 1.54) is 0 Å². The fourth-order valence-electron chi connectivity index (χ4n) is 5.04. The highest BCUT2D eigenvalue weighted by Gasteiger charge is 2.41. The second kappa shape index (κ2) is 10.6. The number of nitrogens with zero attached hydrogens (tertiary/aromatic N) is 1. The summed E-state index contributed by atoms with van der Waals surface area (Å²) >= 11 is 0. The van der Waals surface area contributed by atoms with Crippen LogP contribution in [0.1, 0.15) is 42.7 Å². The van der Waals surface area contributed by atoms with Gasteiger partial charge in [0.05, 0.1) is 5.57 Å². The van der Waals surface area contributed by atoms with E-state index in [4.69, 9.17) is 9.47 Å². The molecule has 0 unspecified atom stereocenters. The Balaban J connectivity index is 1.39. The molecular formula is C30H28N2O4. The lowest BCUT2D eigenvalue weighted by atomic mass is 9.72. The van der Waals surface area contributed by atoms with Crippen LogP contribution in [0.4, 0.5) is 0 Å². The Hall–Kier alpha value is -4.19. The van der Waals surface area contributed by atoms with Crippen LogP contribution in [-0.4, -0.2) is 30.0 Å². The van der Waals surface area contributed by atoms with Crippen LogP contribution in [0.5, 0.6) is 5.75 Å². The Morgan fingerprint density at radius 2 is 1.67 bits per heavy atom. The summed E-state index contributed by atoms with van der Waals surface area (Å²) < 4.78 is 11.3. The summed E-state index contributed by atoms with van der Waals surface area (Å²) in [6.45, 7) is 2.19. The zero-order valence-corrected chi connectivity index (χ0v) is 20.1. The van der Waals surface area contributed by atoms with Crippen molar-refractivity contribution >= 4 is 11.8 Å². The van der Waals surface area contributed by atoms with Crippen LogP contribution < -0.4 is 10.1 Å². The number of nitrogens with one attached hydrogen (secondary N) is 1. The van der Waals surface area contributed by atoms with Gasteiger partial charge in [0.1, 0.15) is 19.0 Å². The van der Waals surface area contributed by atoms with Gasteiger partial charge in [-0.15, -0.1) is 0 Å². The lowest BCUT2D eigenvalue weighted by Gasteiger charge is -2.36. The number of Topliss-reactive ketones (excluding diaryl/α,β-unsaturated/α-hetero) is 1. The van der Waals surface area contributed by atoms with Crippen LogP contribution in [-0.2, 0) is 14.3 Å². The molecule has 0 radical (unpaired) electrons. The van der Waals surface area contributed by atoms with E-state index in [1.54, 1.807) is 12.4 Å². The third-order valence-electron chi connectivity index (χ3n) is 6.66. The SMILES string of the molecule is CC1=C(C(=O)OCCOc2ccccc2)[C@@H](c2cccnc2)C2=C(C[C@@H](c3ccccc3)CC2=O)N1. The van der Waals surface area contributed by atoms with Gasteiger partial charge in [0, 0.05) is 41.7 Å². The molecule has 0 amide bonds. The number of para-hydroxylation sites is 1. The molecule has 1 aliphatic carbocycles. The molecule has 1 aromatic heterocycles. The monoisotopic (exact) mass is 480 g/mol. The van der Waals surface area contributed by atoms with Gasteiger partial charge in [-0.3, -0.25) is 9.78 Å². The summed E-state index contributed by atoms with van der Waals surface area (Å²) in [5.41, 5.74) is 4.57. The van der Waals surface area contributed by atoms with Crippen molar-refractivity contribution in [3.05, 3.63) is 119 Å². The highest BCUT2D eigenvalue weighted by atomic mass is 16.6. The summed E-state index contributed by atoms with van der Waals surface area (Å²) in [5.74, 6) is -0.142. The zero-order chi connectivity index (χ0) is 24.9. The number of pyridine rings is 1. The molecule has 2 atom stereocenters. The van der Waals surface area contributed by atoms with Gasteiger partial charge < -0.3 is 14.8 Å². The maximum atomic E-state index is 13.6. The number of ketones is 1. The minimum atomic E-state index is -0.526. The number of benzene rings is 2. The number of esters is 1. The highest BCUT2D eigenvalue weighted by Crippen LogP contribution is 2.45. The van der Waals surface area contributed by atoms with E-state index in [9.17, 15) is 9.59 Å². The van der Waals surface area contributed by atoms with Gasteiger partial charge in [-0.25, -0.2) is 4.79 Å². The number of carbonyl (C=O) groups is 2. The van der Waals surface area contributed by atoms with E-state index in [-0.39, 0.29) is 24.9 Å². The van der Waals surface area contributed by atoms with Crippen molar-refractivity contribution in [2.75, 3.05) is 13.2 Å². The van der Waals surface area contributed by atoms with Gasteiger partial charge in [-0.1, -0.05) is 54.6 Å². The van der Waals surface area contributed by atoms with E-state index in [0.717, 1.165) is 16.8 Å². The predicted octanol–water partition coefficient (Wildman–Crippen LogP) is 5.07. The Bertz CT molecular complexity index is 1300. The molecule has 36 heavy (non-hydrogen) atoms. The second-order valence-corrected chi connectivity index (χ2v) is 9.01. The summed E-state index contributed by atoms with van der Waals surface area (Å²) in [6, 6.07) is 23.2. The predicted molar refractivity (Wildman–Crippen MR) is 136 cm³/mol. The normalized spacial score (nSPS) is 19.4. The molecule has 2 aliphatic rings. The molecule has 2 aromatic carbocycles. The van der Waals surface area contributed by atoms with Crippen molar-refractivity contribution in [2.45, 2.75) is 31.6 Å². The Morgan fingerprint density at radius 3 is 2.39 bits per heavy atom. The third kappa shape index (κ3) is 4.93. The van der Waals surface area contributed by atoms with E-state index >= 15 is 0 Å². The molecule has 0 saturated carbocycles. The number of aromatic nitrogens is 1. The molecule has 0 bridgehead atoms. The van der Waals surface area contributed by atoms with E-state index in [1.807, 2.05) is 67.6 Å². The lowest BCUT2D eigenvalue weighted by molar-refractivity contribution is -0.140. The van der Waals surface area contributed by atoms with E-state index in [2.05, 4.69) is 22.4 Å². The zero-order valence-electron chi connectivity index (χ0n) is 20.1. The van der Waals surface area contributed by atoms with Crippen molar-refractivity contribution in [1.82, 2.24) is 10.3 Å². The Morgan fingerprint density at radius 1 is 0.944 bits per heavy atom. The first-order chi connectivity index (χ1) is 17.6. The maximum Gasteiger partial charge on any atom is 0.336 e. The van der Waals surface area contributed by atoms with Crippen LogP contribution in [0.25, 0.3) is 0 Å². The van der Waals surface area contributed by atoms with E-state index in [0.29, 0.717) is 35.4 Å². The van der Waals surface area contributed by atoms with Gasteiger partial charge in [-0.05, 0) is 48.6 Å². The third-order valence-corrected chi connectivity index (χ3v) is 6.66. The summed E-state index contributed by atoms with van der Waals surface area (Å²) in [7, 11) is 0. The molecule has 182 valence electrons. The summed E-state index contributed by atoms with van der Waals surface area (Å²) in [6.07, 6.45) is 4.50. The van der Waals surface area contributed by atoms with Crippen LogP contribution >= 0.6 is 0 Å². The van der Waals surface area contributed by atoms with Gasteiger partial charge in [0.2, 0.25) is 0 Å². The van der Waals surface area contributed by atoms with Crippen molar-refractivity contribution < 1.29 is 19.1 Å². The fourth-order valence-corrected chi connectivity index (χ4v) is 5.04. The van der Waals surface area contributed by atoms with Crippen LogP contribution in [0.15, 0.2) is 108 Å². The van der Waals surface area contributed by atoms with Crippen LogP contribution in [0.2, 0.25) is 0 Å². The van der Waals surface area contributed by atoms with Gasteiger partial charge >= 0.3 is 5.97 Å². The number of hydrogen-bond donors (Lipinski definition) is 1. The quantitative estimate of drug-likeness (QED) is 0.376. The smallest absolute Gasteiger partial charge is 0.336 e. The number of rotatable bonds is 7. The first kappa shape index (κ1) is 23.5. The standard InChI is InChI=1S/C30H28N2O4/c1-20-27(30(34)36-16-15-35-24-12-6-3-7-13-24)28(22-11-8-14-31-19-22)29-25(32-20)17-23(18-26(29)33)21-9-4-2-5-10-21/h2-14,19,23,28,32H,15-18H2,1H3/t23-,28-/m1/s1. The molecule has 2 heterocycles. The topological polar surface area (TPSA) is 77.5 Å². The largest absolute Gasteiger partial charge is 0.490 e. The average Bonchev–Trinajstić information content (AvgIpc) is 2.91. The van der Waals surface area contributed by atoms with Crippen molar-refractivity contribution in [1.29, 1.82) is 0 Å². The number of allylic oxidation sites excluding steroid dienone is 3. The first-order valence-corrected chi connectivity index (χ1v) is 12.2. The second-order valence-electron chi connectivity index (χ2n) is 9.01. The van der Waals surface area contributed by atoms with Crippen molar-refractivity contribution in [3.63, 3.8) is 0 Å². The lowest BCUT2D eigenvalue weighted by Crippen LogP contribution is -2.36. The average molecular weight is 481 g/mol. The summed E-state index contributed by atoms with van der Waals surface area (Å²) in [5, 5.41) is 3.38. The molecule has 1 N–H and O–H groups in total. The van der Waals surface area contributed by atoms with Crippen molar-refractivity contribution in [3.8, 4) is 5.75 Å². The molecule has 0 fully saturated rings. The Labute approximate surface area is 210 Å². The minimum Gasteiger partial charge on any atom is -0.490 e. The van der Waals surface area contributed by atoms with Gasteiger partial charge in [0.25, 0.3) is 0 Å². The Kier molecular flexibility index (Phi) is 6.94. The number of dihydropyridines is 1. The van der Waals surface area contributed by atoms with Crippen LogP contribution in [0.3, 0.4) is 0 Å². The minimum absolute atomic E-state index is 0.0386. The van der Waals surface area contributed by atoms with Gasteiger partial charge in [-0.2, -0.15) is 0 Å². The molecule has 1 aliphatic heterocycles. The molecule has 6 nitrogen and oxygen atoms in total. The van der Waals surface area contributed by atoms with E-state index < -0.39 is 11.9 Å². The molecule has 5 rings (SSSR count). The van der Waals surface area contributed by atoms with Gasteiger partial charge in [0.15, 0.2) is 5.78 Å². The molecule has 0 saturated heterocycles. The fraction of sp³-hybridized carbons (Fsp3) is 0.233. The maximum absolute atomic E-state index is 13.6. The molecule has 0 spiro atoms. The molecular weight excluding hydrogens is 452 g/mol. The number of hydrogen-bond acceptors (Lipinski definition) is 6. The molecule has 3 aromatic rings. The highest BCUT2D eigenvalue weighted by molar-refractivity contribution is 6.04. The number of ether oxygens (including phenoxy) is 2. The van der Waals surface area contributed by atoms with Crippen molar-refractivity contribution in [2.24, 2.45) is 0 Å². The van der Waals surface area contributed by atoms with Crippen LogP contribution in [0, 0.1) is 0 Å². The number of carbonyl (C=O) groups excluding carboxylic acids is 2.